The zero-order chi connectivity index (χ0) is 21.7. The summed E-state index contributed by atoms with van der Waals surface area (Å²) in [5, 5.41) is 5.48. The molecular weight excluding hydrogens is 411 g/mol. The van der Waals surface area contributed by atoms with Gasteiger partial charge in [0.25, 0.3) is 0 Å². The van der Waals surface area contributed by atoms with E-state index in [4.69, 9.17) is 0 Å². The fourth-order valence-electron chi connectivity index (χ4n) is 3.22. The van der Waals surface area contributed by atoms with Crippen LogP contribution in [0.2, 0.25) is 0 Å². The van der Waals surface area contributed by atoms with E-state index >= 15 is 0 Å². The molecule has 10 heteroatoms. The molecule has 1 fully saturated rings. The molecule has 8 nitrogen and oxygen atoms in total. The van der Waals surface area contributed by atoms with Gasteiger partial charge in [-0.1, -0.05) is 18.2 Å². The molecule has 1 atom stereocenters. The number of carbonyl (C=O) groups is 2. The fourth-order valence-corrected chi connectivity index (χ4v) is 3.78. The molecule has 0 aliphatic carbocycles. The number of anilines is 3. The van der Waals surface area contributed by atoms with Crippen LogP contribution in [0, 0.1) is 11.7 Å². The second-order valence-corrected chi connectivity index (χ2v) is 8.89. The van der Waals surface area contributed by atoms with Gasteiger partial charge in [0.15, 0.2) is 0 Å². The van der Waals surface area contributed by atoms with Crippen molar-refractivity contribution in [3.8, 4) is 0 Å². The first-order valence-corrected chi connectivity index (χ1v) is 11.3. The van der Waals surface area contributed by atoms with Gasteiger partial charge in [-0.3, -0.25) is 9.52 Å². The Balaban J connectivity index is 1.63. The summed E-state index contributed by atoms with van der Waals surface area (Å²) in [7, 11) is -3.66. The molecule has 1 aliphatic rings. The van der Waals surface area contributed by atoms with Crippen molar-refractivity contribution in [3.63, 3.8) is 0 Å². The van der Waals surface area contributed by atoms with E-state index in [1.54, 1.807) is 17.0 Å². The lowest BCUT2D eigenvalue weighted by molar-refractivity contribution is -0.121. The van der Waals surface area contributed by atoms with Gasteiger partial charge in [-0.15, -0.1) is 0 Å². The largest absolute Gasteiger partial charge is 0.326 e. The number of likely N-dealkylation sites (tertiary alicyclic amines) is 1. The molecule has 0 radical (unpaired) electrons. The molecule has 2 aromatic rings. The van der Waals surface area contributed by atoms with E-state index in [0.29, 0.717) is 25.1 Å². The lowest BCUT2D eigenvalue weighted by Crippen LogP contribution is -2.45. The summed E-state index contributed by atoms with van der Waals surface area (Å²) in [4.78, 5) is 26.7. The highest BCUT2D eigenvalue weighted by atomic mass is 32.2. The number of urea groups is 1. The van der Waals surface area contributed by atoms with Crippen molar-refractivity contribution in [2.24, 2.45) is 5.92 Å². The first-order chi connectivity index (χ1) is 14.2. The molecule has 30 heavy (non-hydrogen) atoms. The van der Waals surface area contributed by atoms with Crippen molar-refractivity contribution in [3.05, 3.63) is 54.3 Å². The van der Waals surface area contributed by atoms with Crippen molar-refractivity contribution in [2.75, 3.05) is 34.7 Å². The van der Waals surface area contributed by atoms with Crippen LogP contribution >= 0.6 is 0 Å². The first kappa shape index (κ1) is 21.6. The zero-order valence-corrected chi connectivity index (χ0v) is 17.2. The van der Waals surface area contributed by atoms with Crippen molar-refractivity contribution in [1.29, 1.82) is 0 Å². The Labute approximate surface area is 174 Å². The highest BCUT2D eigenvalue weighted by molar-refractivity contribution is 7.92. The third kappa shape index (κ3) is 5.93. The Bertz CT molecular complexity index is 1030. The molecule has 3 amide bonds. The molecule has 0 saturated carbocycles. The van der Waals surface area contributed by atoms with Gasteiger partial charge in [-0.2, -0.15) is 0 Å². The molecule has 0 bridgehead atoms. The maximum atomic E-state index is 13.8. The van der Waals surface area contributed by atoms with Gasteiger partial charge in [-0.05, 0) is 43.2 Å². The number of piperidine rings is 1. The molecule has 1 saturated heterocycles. The molecule has 3 N–H and O–H groups in total. The van der Waals surface area contributed by atoms with Gasteiger partial charge < -0.3 is 15.5 Å². The fraction of sp³-hybridized carbons (Fsp3) is 0.300. The number of hydrogen-bond donors (Lipinski definition) is 3. The van der Waals surface area contributed by atoms with Gasteiger partial charge in [0.1, 0.15) is 5.82 Å². The number of para-hydroxylation sites is 1. The number of hydrogen-bond acceptors (Lipinski definition) is 4. The number of halogens is 1. The third-order valence-corrected chi connectivity index (χ3v) is 5.22. The molecule has 2 aromatic carbocycles. The van der Waals surface area contributed by atoms with Gasteiger partial charge in [0.2, 0.25) is 15.9 Å². The predicted molar refractivity (Wildman–Crippen MR) is 113 cm³/mol. The average Bonchev–Trinajstić information content (AvgIpc) is 2.70. The van der Waals surface area contributed by atoms with Crippen LogP contribution in [0.15, 0.2) is 48.5 Å². The Morgan fingerprint density at radius 3 is 2.50 bits per heavy atom. The molecule has 0 aromatic heterocycles. The minimum atomic E-state index is -3.66. The number of nitrogens with zero attached hydrogens (tertiary/aromatic N) is 1. The monoisotopic (exact) mass is 434 g/mol. The van der Waals surface area contributed by atoms with E-state index in [2.05, 4.69) is 15.4 Å². The maximum absolute atomic E-state index is 13.8. The van der Waals surface area contributed by atoms with E-state index in [9.17, 15) is 22.4 Å². The van der Waals surface area contributed by atoms with Gasteiger partial charge in [-0.25, -0.2) is 17.6 Å². The summed E-state index contributed by atoms with van der Waals surface area (Å²) in [5.74, 6) is -1.50. The Hall–Kier alpha value is -3.14. The summed E-state index contributed by atoms with van der Waals surface area (Å²) in [6.07, 6.45) is 2.19. The number of amides is 3. The van der Waals surface area contributed by atoms with Crippen LogP contribution in [0.3, 0.4) is 0 Å². The second kappa shape index (κ2) is 9.12. The number of rotatable bonds is 5. The zero-order valence-electron chi connectivity index (χ0n) is 16.4. The molecule has 1 aliphatic heterocycles. The van der Waals surface area contributed by atoms with Crippen molar-refractivity contribution < 1.29 is 22.4 Å². The lowest BCUT2D eigenvalue weighted by atomic mass is 9.97. The first-order valence-electron chi connectivity index (χ1n) is 9.40. The van der Waals surface area contributed by atoms with Gasteiger partial charge in [0.05, 0.1) is 17.9 Å². The van der Waals surface area contributed by atoms with Crippen LogP contribution < -0.4 is 15.4 Å². The normalized spacial score (nSPS) is 16.6. The summed E-state index contributed by atoms with van der Waals surface area (Å²) in [6.45, 7) is 0.793. The summed E-state index contributed by atoms with van der Waals surface area (Å²) in [5.41, 5.74) is 0.688. The molecule has 160 valence electrons. The van der Waals surface area contributed by atoms with E-state index in [-0.39, 0.29) is 29.9 Å². The molecule has 1 heterocycles. The number of nitrogens with one attached hydrogen (secondary N) is 3. The van der Waals surface area contributed by atoms with E-state index < -0.39 is 21.8 Å². The smallest absolute Gasteiger partial charge is 0.321 e. The maximum Gasteiger partial charge on any atom is 0.321 e. The lowest BCUT2D eigenvalue weighted by Gasteiger charge is -2.32. The van der Waals surface area contributed by atoms with Crippen molar-refractivity contribution in [2.45, 2.75) is 12.8 Å². The van der Waals surface area contributed by atoms with Gasteiger partial charge >= 0.3 is 6.03 Å². The number of sulfonamides is 1. The van der Waals surface area contributed by atoms with Crippen LogP contribution in [0.5, 0.6) is 0 Å². The highest BCUT2D eigenvalue weighted by Crippen LogP contribution is 2.23. The Morgan fingerprint density at radius 2 is 1.80 bits per heavy atom. The second-order valence-electron chi connectivity index (χ2n) is 7.14. The average molecular weight is 434 g/mol. The molecule has 3 rings (SSSR count). The standard InChI is InChI=1S/C20H23FN4O4S/c1-30(28,29)24-18-12-16(9-10-17(18)21)22-19(26)14-6-5-11-25(13-14)20(27)23-15-7-3-2-4-8-15/h2-4,7-10,12,14,24H,5-6,11,13H2,1H3,(H,22,26)(H,23,27)/t14-/m1/s1. The molecular formula is C20H23FN4O4S. The van der Waals surface area contributed by atoms with Crippen LogP contribution in [-0.2, 0) is 14.8 Å². The van der Waals surface area contributed by atoms with E-state index in [0.717, 1.165) is 12.3 Å². The third-order valence-electron chi connectivity index (χ3n) is 4.63. The van der Waals surface area contributed by atoms with Gasteiger partial charge in [0, 0.05) is 24.5 Å². The van der Waals surface area contributed by atoms with Crippen molar-refractivity contribution >= 4 is 39.0 Å². The summed E-state index contributed by atoms with van der Waals surface area (Å²) < 4.78 is 38.6. The topological polar surface area (TPSA) is 108 Å². The SMILES string of the molecule is CS(=O)(=O)Nc1cc(NC(=O)[C@@H]2CCCN(C(=O)Nc3ccccc3)C2)ccc1F. The summed E-state index contributed by atoms with van der Waals surface area (Å²) in [6, 6.07) is 12.4. The minimum absolute atomic E-state index is 0.247. The highest BCUT2D eigenvalue weighted by Gasteiger charge is 2.28. The minimum Gasteiger partial charge on any atom is -0.326 e. The Kier molecular flexibility index (Phi) is 6.56. The quantitative estimate of drug-likeness (QED) is 0.672. The van der Waals surface area contributed by atoms with E-state index in [1.807, 2.05) is 18.2 Å². The Morgan fingerprint density at radius 1 is 1.07 bits per heavy atom. The number of carbonyl (C=O) groups excluding carboxylic acids is 2. The van der Waals surface area contributed by atoms with Crippen LogP contribution in [0.4, 0.5) is 26.2 Å². The number of benzene rings is 2. The molecule has 0 spiro atoms. The predicted octanol–water partition coefficient (Wildman–Crippen LogP) is 3.08. The molecule has 0 unspecified atom stereocenters. The van der Waals surface area contributed by atoms with Crippen LogP contribution in [-0.4, -0.2) is 44.6 Å². The summed E-state index contributed by atoms with van der Waals surface area (Å²) >= 11 is 0. The van der Waals surface area contributed by atoms with Crippen LogP contribution in [0.1, 0.15) is 12.8 Å². The van der Waals surface area contributed by atoms with Crippen LogP contribution in [0.25, 0.3) is 0 Å². The van der Waals surface area contributed by atoms with Crippen molar-refractivity contribution in [1.82, 2.24) is 4.90 Å². The van der Waals surface area contributed by atoms with E-state index in [1.165, 1.54) is 12.1 Å².